The number of rotatable bonds is 4. The van der Waals surface area contributed by atoms with Crippen molar-refractivity contribution in [3.8, 4) is 0 Å². The first-order valence-corrected chi connectivity index (χ1v) is 4.33. The van der Waals surface area contributed by atoms with Crippen LogP contribution in [0.2, 0.25) is 0 Å². The fourth-order valence-corrected chi connectivity index (χ4v) is 1.37. The second-order valence-corrected chi connectivity index (χ2v) is 2.89. The predicted octanol–water partition coefficient (Wildman–Crippen LogP) is 0.729. The molecule has 0 amide bonds. The molecule has 0 radical (unpaired) electrons. The summed E-state index contributed by atoms with van der Waals surface area (Å²) in [5, 5.41) is 8.93. The van der Waals surface area contributed by atoms with Gasteiger partial charge in [-0.2, -0.15) is 0 Å². The fraction of sp³-hybridized carbons (Fsp3) is 0.778. The van der Waals surface area contributed by atoms with E-state index in [0.29, 0.717) is 6.61 Å². The Morgan fingerprint density at radius 3 is 3.17 bits per heavy atom. The minimum absolute atomic E-state index is 0.0433. The van der Waals surface area contributed by atoms with Crippen LogP contribution in [0.1, 0.15) is 12.8 Å². The molecule has 1 heterocycles. The standard InChI is InChI=1S/C9H16O3/c1-2-5-11-8-4-3-6-12-9(8)7-10/h2,8-10H,1,3-7H2/t8-,9+/m0/s1. The van der Waals surface area contributed by atoms with E-state index in [9.17, 15) is 0 Å². The highest BCUT2D eigenvalue weighted by Gasteiger charge is 2.25. The monoisotopic (exact) mass is 172 g/mol. The van der Waals surface area contributed by atoms with Crippen LogP contribution in [-0.4, -0.2) is 37.1 Å². The largest absolute Gasteiger partial charge is 0.394 e. The highest BCUT2D eigenvalue weighted by atomic mass is 16.5. The molecule has 1 saturated heterocycles. The van der Waals surface area contributed by atoms with Crippen molar-refractivity contribution in [3.63, 3.8) is 0 Å². The van der Waals surface area contributed by atoms with E-state index in [-0.39, 0.29) is 18.8 Å². The Hall–Kier alpha value is -0.380. The van der Waals surface area contributed by atoms with Gasteiger partial charge in [0.1, 0.15) is 6.10 Å². The Labute approximate surface area is 73.0 Å². The van der Waals surface area contributed by atoms with Crippen molar-refractivity contribution in [2.24, 2.45) is 0 Å². The second kappa shape index (κ2) is 5.30. The lowest BCUT2D eigenvalue weighted by atomic mass is 10.1. The topological polar surface area (TPSA) is 38.7 Å². The van der Waals surface area contributed by atoms with Crippen molar-refractivity contribution < 1.29 is 14.6 Å². The van der Waals surface area contributed by atoms with Crippen LogP contribution >= 0.6 is 0 Å². The summed E-state index contributed by atoms with van der Waals surface area (Å²) in [4.78, 5) is 0. The molecule has 2 atom stereocenters. The van der Waals surface area contributed by atoms with Crippen LogP contribution in [0, 0.1) is 0 Å². The first kappa shape index (κ1) is 9.71. The maximum atomic E-state index is 8.93. The quantitative estimate of drug-likeness (QED) is 0.635. The van der Waals surface area contributed by atoms with Crippen LogP contribution in [0.15, 0.2) is 12.7 Å². The second-order valence-electron chi connectivity index (χ2n) is 2.89. The third-order valence-electron chi connectivity index (χ3n) is 1.99. The van der Waals surface area contributed by atoms with Gasteiger partial charge in [0.2, 0.25) is 0 Å². The summed E-state index contributed by atoms with van der Waals surface area (Å²) < 4.78 is 10.8. The molecule has 0 aromatic rings. The van der Waals surface area contributed by atoms with Gasteiger partial charge < -0.3 is 14.6 Å². The van der Waals surface area contributed by atoms with Gasteiger partial charge in [0.05, 0.1) is 19.3 Å². The van der Waals surface area contributed by atoms with E-state index >= 15 is 0 Å². The SMILES string of the molecule is C=CCO[C@H]1CCCO[C@@H]1CO. The molecule has 0 aromatic carbocycles. The summed E-state index contributed by atoms with van der Waals surface area (Å²) >= 11 is 0. The molecule has 0 unspecified atom stereocenters. The van der Waals surface area contributed by atoms with Gasteiger partial charge in [-0.1, -0.05) is 6.08 Å². The van der Waals surface area contributed by atoms with Crippen LogP contribution in [-0.2, 0) is 9.47 Å². The Morgan fingerprint density at radius 2 is 2.50 bits per heavy atom. The van der Waals surface area contributed by atoms with Gasteiger partial charge in [-0.15, -0.1) is 6.58 Å². The average Bonchev–Trinajstić information content (AvgIpc) is 2.15. The maximum absolute atomic E-state index is 8.93. The van der Waals surface area contributed by atoms with Crippen LogP contribution in [0.4, 0.5) is 0 Å². The van der Waals surface area contributed by atoms with Crippen LogP contribution in [0.3, 0.4) is 0 Å². The van der Waals surface area contributed by atoms with Gasteiger partial charge in [0.15, 0.2) is 0 Å². The molecular weight excluding hydrogens is 156 g/mol. The van der Waals surface area contributed by atoms with Gasteiger partial charge in [-0.25, -0.2) is 0 Å². The number of ether oxygens (including phenoxy) is 2. The van der Waals surface area contributed by atoms with E-state index in [1.807, 2.05) is 0 Å². The van der Waals surface area contributed by atoms with Crippen molar-refractivity contribution in [1.82, 2.24) is 0 Å². The molecule has 70 valence electrons. The molecule has 1 aliphatic rings. The van der Waals surface area contributed by atoms with E-state index < -0.39 is 0 Å². The molecule has 1 rings (SSSR count). The van der Waals surface area contributed by atoms with Gasteiger partial charge in [-0.05, 0) is 12.8 Å². The number of aliphatic hydroxyl groups excluding tert-OH is 1. The Bertz CT molecular complexity index is 136. The van der Waals surface area contributed by atoms with Crippen LogP contribution < -0.4 is 0 Å². The molecule has 1 fully saturated rings. The smallest absolute Gasteiger partial charge is 0.107 e. The summed E-state index contributed by atoms with van der Waals surface area (Å²) in [5.74, 6) is 0. The minimum Gasteiger partial charge on any atom is -0.394 e. The molecule has 12 heavy (non-hydrogen) atoms. The van der Waals surface area contributed by atoms with Crippen molar-refractivity contribution in [1.29, 1.82) is 0 Å². The average molecular weight is 172 g/mol. The first-order valence-electron chi connectivity index (χ1n) is 4.33. The molecule has 0 aliphatic carbocycles. The Balaban J connectivity index is 2.30. The molecule has 0 saturated carbocycles. The van der Waals surface area contributed by atoms with Crippen molar-refractivity contribution in [2.75, 3.05) is 19.8 Å². The van der Waals surface area contributed by atoms with E-state index in [2.05, 4.69) is 6.58 Å². The number of aliphatic hydroxyl groups is 1. The predicted molar refractivity (Wildman–Crippen MR) is 46.0 cm³/mol. The highest BCUT2D eigenvalue weighted by Crippen LogP contribution is 2.16. The summed E-state index contributed by atoms with van der Waals surface area (Å²) in [6.07, 6.45) is 3.60. The van der Waals surface area contributed by atoms with Crippen LogP contribution in [0.5, 0.6) is 0 Å². The van der Waals surface area contributed by atoms with Crippen molar-refractivity contribution in [3.05, 3.63) is 12.7 Å². The lowest BCUT2D eigenvalue weighted by molar-refractivity contribution is -0.116. The van der Waals surface area contributed by atoms with Gasteiger partial charge in [0.25, 0.3) is 0 Å². The highest BCUT2D eigenvalue weighted by molar-refractivity contribution is 4.76. The third-order valence-corrected chi connectivity index (χ3v) is 1.99. The van der Waals surface area contributed by atoms with Gasteiger partial charge >= 0.3 is 0 Å². The van der Waals surface area contributed by atoms with E-state index in [1.165, 1.54) is 0 Å². The van der Waals surface area contributed by atoms with E-state index in [4.69, 9.17) is 14.6 Å². The molecular formula is C9H16O3. The normalized spacial score (nSPS) is 30.1. The van der Waals surface area contributed by atoms with E-state index in [0.717, 1.165) is 19.4 Å². The Morgan fingerprint density at radius 1 is 1.67 bits per heavy atom. The van der Waals surface area contributed by atoms with E-state index in [1.54, 1.807) is 6.08 Å². The zero-order valence-corrected chi connectivity index (χ0v) is 7.24. The van der Waals surface area contributed by atoms with Gasteiger partial charge in [-0.3, -0.25) is 0 Å². The molecule has 1 aliphatic heterocycles. The van der Waals surface area contributed by atoms with Crippen LogP contribution in [0.25, 0.3) is 0 Å². The molecule has 0 aromatic heterocycles. The lowest BCUT2D eigenvalue weighted by Crippen LogP contribution is -2.38. The van der Waals surface area contributed by atoms with Crippen molar-refractivity contribution in [2.45, 2.75) is 25.0 Å². The van der Waals surface area contributed by atoms with Crippen molar-refractivity contribution >= 4 is 0 Å². The zero-order chi connectivity index (χ0) is 8.81. The molecule has 0 spiro atoms. The minimum atomic E-state index is -0.140. The molecule has 1 N–H and O–H groups in total. The molecule has 3 nitrogen and oxygen atoms in total. The summed E-state index contributed by atoms with van der Waals surface area (Å²) in [7, 11) is 0. The number of hydrogen-bond donors (Lipinski definition) is 1. The third kappa shape index (κ3) is 2.59. The maximum Gasteiger partial charge on any atom is 0.107 e. The zero-order valence-electron chi connectivity index (χ0n) is 7.24. The summed E-state index contributed by atoms with van der Waals surface area (Å²) in [6, 6.07) is 0. The number of hydrogen-bond acceptors (Lipinski definition) is 3. The van der Waals surface area contributed by atoms with Gasteiger partial charge in [0, 0.05) is 6.61 Å². The fourth-order valence-electron chi connectivity index (χ4n) is 1.37. The lowest BCUT2D eigenvalue weighted by Gasteiger charge is -2.29. The first-order chi connectivity index (χ1) is 5.88. The molecule has 0 bridgehead atoms. The Kier molecular flexibility index (Phi) is 4.29. The summed E-state index contributed by atoms with van der Waals surface area (Å²) in [5.41, 5.74) is 0. The molecule has 3 heteroatoms. The summed E-state index contributed by atoms with van der Waals surface area (Å²) in [6.45, 7) is 4.88.